The first-order valence-electron chi connectivity index (χ1n) is 7.73. The highest BCUT2D eigenvalue weighted by Gasteiger charge is 2.45. The van der Waals surface area contributed by atoms with E-state index in [4.69, 9.17) is 11.6 Å². The summed E-state index contributed by atoms with van der Waals surface area (Å²) in [6.45, 7) is 0.498. The SMILES string of the molecule is O=S1(=O)C[C@H](NCCc2ccc(Cl)cc2)[C@@H](S(=O)(=O)c2cccs2)C1. The minimum absolute atomic E-state index is 0.150. The van der Waals surface area contributed by atoms with Crippen LogP contribution < -0.4 is 5.32 Å². The molecule has 1 aliphatic heterocycles. The van der Waals surface area contributed by atoms with Crippen LogP contribution in [-0.2, 0) is 26.1 Å². The minimum atomic E-state index is -3.66. The molecule has 1 saturated heterocycles. The smallest absolute Gasteiger partial charge is 0.193 e. The van der Waals surface area contributed by atoms with Crippen molar-refractivity contribution in [2.75, 3.05) is 18.1 Å². The fourth-order valence-corrected chi connectivity index (χ4v) is 9.01. The lowest BCUT2D eigenvalue weighted by Crippen LogP contribution is -2.43. The molecule has 2 heterocycles. The second kappa shape index (κ2) is 7.36. The third kappa shape index (κ3) is 4.43. The highest BCUT2D eigenvalue weighted by molar-refractivity contribution is 7.97. The van der Waals surface area contributed by atoms with Crippen LogP contribution in [0.15, 0.2) is 46.0 Å². The van der Waals surface area contributed by atoms with Crippen LogP contribution >= 0.6 is 22.9 Å². The van der Waals surface area contributed by atoms with E-state index in [-0.39, 0.29) is 15.7 Å². The average Bonchev–Trinajstić information content (AvgIpc) is 3.18. The van der Waals surface area contributed by atoms with Gasteiger partial charge in [0, 0.05) is 11.1 Å². The minimum Gasteiger partial charge on any atom is -0.311 e. The number of thiophene rings is 1. The first kappa shape index (κ1) is 18.8. The second-order valence-electron chi connectivity index (χ2n) is 6.03. The molecule has 3 rings (SSSR count). The summed E-state index contributed by atoms with van der Waals surface area (Å²) >= 11 is 6.97. The van der Waals surface area contributed by atoms with Crippen LogP contribution in [0.1, 0.15) is 5.56 Å². The van der Waals surface area contributed by atoms with E-state index < -0.39 is 31.0 Å². The van der Waals surface area contributed by atoms with Crippen LogP contribution in [0.25, 0.3) is 0 Å². The maximum Gasteiger partial charge on any atom is 0.193 e. The van der Waals surface area contributed by atoms with Crippen molar-refractivity contribution in [3.63, 3.8) is 0 Å². The fourth-order valence-electron chi connectivity index (χ4n) is 2.94. The summed E-state index contributed by atoms with van der Waals surface area (Å²) in [5.74, 6) is -0.477. The molecule has 9 heteroatoms. The summed E-state index contributed by atoms with van der Waals surface area (Å²) in [5.41, 5.74) is 1.05. The lowest BCUT2D eigenvalue weighted by molar-refractivity contribution is 0.529. The normalized spacial score (nSPS) is 22.9. The zero-order valence-corrected chi connectivity index (χ0v) is 16.5. The molecule has 1 N–H and O–H groups in total. The summed E-state index contributed by atoms with van der Waals surface area (Å²) in [7, 11) is -7.03. The molecule has 1 aromatic carbocycles. The molecule has 0 saturated carbocycles. The molecular weight excluding hydrogens is 402 g/mol. The van der Waals surface area contributed by atoms with Crippen LogP contribution in [0.4, 0.5) is 0 Å². The molecule has 2 aromatic rings. The molecule has 0 bridgehead atoms. The zero-order chi connectivity index (χ0) is 18.1. The van der Waals surface area contributed by atoms with Crippen molar-refractivity contribution in [3.05, 3.63) is 52.4 Å². The van der Waals surface area contributed by atoms with Gasteiger partial charge in [-0.05, 0) is 42.1 Å². The number of halogens is 1. The quantitative estimate of drug-likeness (QED) is 0.776. The molecule has 0 amide bonds. The van der Waals surface area contributed by atoms with Gasteiger partial charge in [-0.3, -0.25) is 0 Å². The largest absolute Gasteiger partial charge is 0.311 e. The van der Waals surface area contributed by atoms with Crippen LogP contribution in [-0.4, -0.2) is 46.2 Å². The Morgan fingerprint density at radius 3 is 2.52 bits per heavy atom. The van der Waals surface area contributed by atoms with Crippen molar-refractivity contribution in [2.24, 2.45) is 0 Å². The molecule has 1 fully saturated rings. The van der Waals surface area contributed by atoms with Gasteiger partial charge in [0.2, 0.25) is 0 Å². The van der Waals surface area contributed by atoms with Gasteiger partial charge in [-0.15, -0.1) is 11.3 Å². The molecule has 1 aliphatic rings. The Labute approximate surface area is 156 Å². The van der Waals surface area contributed by atoms with Crippen LogP contribution in [0, 0.1) is 0 Å². The first-order valence-corrected chi connectivity index (χ1v) is 12.4. The predicted octanol–water partition coefficient (Wildman–Crippen LogP) is 2.17. The van der Waals surface area contributed by atoms with Gasteiger partial charge in [0.25, 0.3) is 0 Å². The van der Waals surface area contributed by atoms with E-state index in [2.05, 4.69) is 5.32 Å². The van der Waals surface area contributed by atoms with E-state index in [9.17, 15) is 16.8 Å². The van der Waals surface area contributed by atoms with Gasteiger partial charge < -0.3 is 5.32 Å². The molecule has 1 aromatic heterocycles. The maximum atomic E-state index is 12.8. The van der Waals surface area contributed by atoms with Gasteiger partial charge in [-0.1, -0.05) is 29.8 Å². The van der Waals surface area contributed by atoms with E-state index in [1.54, 1.807) is 23.6 Å². The van der Waals surface area contributed by atoms with E-state index in [0.717, 1.165) is 16.9 Å². The van der Waals surface area contributed by atoms with Gasteiger partial charge >= 0.3 is 0 Å². The number of nitrogens with one attached hydrogen (secondary N) is 1. The fraction of sp³-hybridized carbons (Fsp3) is 0.375. The molecule has 0 unspecified atom stereocenters. The zero-order valence-electron chi connectivity index (χ0n) is 13.3. The third-order valence-electron chi connectivity index (χ3n) is 4.21. The topological polar surface area (TPSA) is 80.3 Å². The standard InChI is InChI=1S/C16H18ClNO4S3/c17-13-5-3-12(4-6-13)7-8-18-14-10-24(19,20)11-15(14)25(21,22)16-2-1-9-23-16/h1-6,9,14-15,18H,7-8,10-11H2/t14-,15-/m0/s1. The van der Waals surface area contributed by atoms with Crippen molar-refractivity contribution in [1.29, 1.82) is 0 Å². The van der Waals surface area contributed by atoms with E-state index in [1.807, 2.05) is 12.1 Å². The predicted molar refractivity (Wildman–Crippen MR) is 101 cm³/mol. The molecule has 2 atom stereocenters. The Morgan fingerprint density at radius 1 is 1.16 bits per heavy atom. The Morgan fingerprint density at radius 2 is 1.88 bits per heavy atom. The molecule has 0 radical (unpaired) electrons. The maximum absolute atomic E-state index is 12.8. The van der Waals surface area contributed by atoms with E-state index >= 15 is 0 Å². The number of sulfone groups is 2. The van der Waals surface area contributed by atoms with Crippen LogP contribution in [0.3, 0.4) is 0 Å². The monoisotopic (exact) mass is 419 g/mol. The summed E-state index contributed by atoms with van der Waals surface area (Å²) in [6.07, 6.45) is 0.666. The summed E-state index contributed by atoms with van der Waals surface area (Å²) in [5, 5.41) is 4.52. The molecular formula is C16H18ClNO4S3. The lowest BCUT2D eigenvalue weighted by Gasteiger charge is -2.19. The Balaban J connectivity index is 1.71. The van der Waals surface area contributed by atoms with E-state index in [1.165, 1.54) is 6.07 Å². The Hall–Kier alpha value is -0.930. The van der Waals surface area contributed by atoms with Crippen molar-refractivity contribution in [1.82, 2.24) is 5.32 Å². The van der Waals surface area contributed by atoms with Crippen molar-refractivity contribution < 1.29 is 16.8 Å². The van der Waals surface area contributed by atoms with Crippen molar-refractivity contribution in [2.45, 2.75) is 21.9 Å². The third-order valence-corrected chi connectivity index (χ3v) is 10.0. The highest BCUT2D eigenvalue weighted by Crippen LogP contribution is 2.28. The number of rotatable bonds is 6. The van der Waals surface area contributed by atoms with Crippen molar-refractivity contribution in [3.8, 4) is 0 Å². The van der Waals surface area contributed by atoms with E-state index in [0.29, 0.717) is 18.0 Å². The molecule has 0 aliphatic carbocycles. The second-order valence-corrected chi connectivity index (χ2v) is 12.0. The van der Waals surface area contributed by atoms with Crippen molar-refractivity contribution >= 4 is 42.6 Å². The van der Waals surface area contributed by atoms with Gasteiger partial charge in [0.1, 0.15) is 4.21 Å². The number of hydrogen-bond donors (Lipinski definition) is 1. The summed E-state index contributed by atoms with van der Waals surface area (Å²) < 4.78 is 49.8. The van der Waals surface area contributed by atoms with Gasteiger partial charge in [-0.2, -0.15) is 0 Å². The molecule has 25 heavy (non-hydrogen) atoms. The van der Waals surface area contributed by atoms with Crippen LogP contribution in [0.2, 0.25) is 5.02 Å². The van der Waals surface area contributed by atoms with Gasteiger partial charge in [0.15, 0.2) is 19.7 Å². The van der Waals surface area contributed by atoms with Gasteiger partial charge in [0.05, 0.1) is 16.8 Å². The molecule has 5 nitrogen and oxygen atoms in total. The average molecular weight is 420 g/mol. The Kier molecular flexibility index (Phi) is 5.55. The number of benzene rings is 1. The highest BCUT2D eigenvalue weighted by atomic mass is 35.5. The lowest BCUT2D eigenvalue weighted by atomic mass is 10.1. The molecule has 0 spiro atoms. The molecule has 136 valence electrons. The first-order chi connectivity index (χ1) is 11.8. The summed E-state index contributed by atoms with van der Waals surface area (Å²) in [6, 6.07) is 9.97. The van der Waals surface area contributed by atoms with Crippen LogP contribution in [0.5, 0.6) is 0 Å². The number of hydrogen-bond acceptors (Lipinski definition) is 6. The summed E-state index contributed by atoms with van der Waals surface area (Å²) in [4.78, 5) is 0. The Bertz CT molecular complexity index is 922. The van der Waals surface area contributed by atoms with Gasteiger partial charge in [-0.25, -0.2) is 16.8 Å².